The lowest BCUT2D eigenvalue weighted by Gasteiger charge is -2.40. The Morgan fingerprint density at radius 3 is 2.08 bits per heavy atom. The number of likely N-dealkylation sites (N-methyl/N-ethyl adjacent to an activating group) is 1. The summed E-state index contributed by atoms with van der Waals surface area (Å²) in [6, 6.07) is 9.48. The van der Waals surface area contributed by atoms with E-state index in [2.05, 4.69) is 4.90 Å². The highest BCUT2D eigenvalue weighted by Crippen LogP contribution is 2.20. The van der Waals surface area contributed by atoms with Gasteiger partial charge < -0.3 is 9.80 Å². The zero-order chi connectivity index (χ0) is 17.9. The number of hydrogen-bond donors (Lipinski definition) is 0. The Morgan fingerprint density at radius 1 is 1.04 bits per heavy atom. The molecule has 1 aliphatic rings. The maximum absolute atomic E-state index is 12.7. The Bertz CT molecular complexity index is 572. The second-order valence-corrected chi connectivity index (χ2v) is 7.49. The largest absolute Gasteiger partial charge is 0.340 e. The van der Waals surface area contributed by atoms with Gasteiger partial charge in [-0.2, -0.15) is 0 Å². The molecule has 0 aliphatic carbocycles. The number of amides is 2. The van der Waals surface area contributed by atoms with Gasteiger partial charge in [0.1, 0.15) is 0 Å². The van der Waals surface area contributed by atoms with Crippen molar-refractivity contribution in [2.45, 2.75) is 33.7 Å². The minimum absolute atomic E-state index is 0.0804. The molecule has 1 atom stereocenters. The topological polar surface area (TPSA) is 43.9 Å². The molecule has 24 heavy (non-hydrogen) atoms. The minimum atomic E-state index is -0.350. The molecule has 1 unspecified atom stereocenters. The first-order chi connectivity index (χ1) is 11.2. The molecule has 0 radical (unpaired) electrons. The van der Waals surface area contributed by atoms with Crippen molar-refractivity contribution in [2.75, 3.05) is 38.1 Å². The van der Waals surface area contributed by atoms with E-state index in [1.807, 2.05) is 70.0 Å². The number of hydrogen-bond acceptors (Lipinski definition) is 3. The lowest BCUT2D eigenvalue weighted by molar-refractivity contribution is -0.141. The fourth-order valence-electron chi connectivity index (χ4n) is 3.00. The molecule has 1 aromatic rings. The normalized spacial score (nSPS) is 17.5. The lowest BCUT2D eigenvalue weighted by Crippen LogP contribution is -2.56. The van der Waals surface area contributed by atoms with Gasteiger partial charge in [0.2, 0.25) is 11.8 Å². The van der Waals surface area contributed by atoms with Crippen LogP contribution >= 0.6 is 0 Å². The fourth-order valence-corrected chi connectivity index (χ4v) is 3.00. The quantitative estimate of drug-likeness (QED) is 0.853. The van der Waals surface area contributed by atoms with Crippen molar-refractivity contribution in [3.8, 4) is 0 Å². The molecule has 0 N–H and O–H groups in total. The Balaban J connectivity index is 1.94. The maximum Gasteiger partial charge on any atom is 0.243 e. The maximum atomic E-state index is 12.7. The van der Waals surface area contributed by atoms with E-state index in [1.165, 1.54) is 0 Å². The molecule has 1 aromatic carbocycles. The zero-order valence-corrected chi connectivity index (χ0v) is 15.5. The molecule has 1 saturated heterocycles. The predicted octanol–water partition coefficient (Wildman–Crippen LogP) is 2.23. The van der Waals surface area contributed by atoms with Crippen molar-refractivity contribution in [3.63, 3.8) is 0 Å². The summed E-state index contributed by atoms with van der Waals surface area (Å²) in [5, 5.41) is 0. The second kappa shape index (κ2) is 7.34. The van der Waals surface area contributed by atoms with Gasteiger partial charge in [0, 0.05) is 44.3 Å². The first-order valence-electron chi connectivity index (χ1n) is 8.58. The van der Waals surface area contributed by atoms with Crippen molar-refractivity contribution in [2.24, 2.45) is 5.41 Å². The fraction of sp³-hybridized carbons (Fsp3) is 0.579. The van der Waals surface area contributed by atoms with E-state index in [9.17, 15) is 9.59 Å². The third kappa shape index (κ3) is 4.15. The number of carbonyl (C=O) groups is 2. The molecule has 0 aromatic heterocycles. The van der Waals surface area contributed by atoms with Crippen molar-refractivity contribution in [1.29, 1.82) is 0 Å². The third-order valence-corrected chi connectivity index (χ3v) is 4.62. The Morgan fingerprint density at radius 2 is 1.58 bits per heavy atom. The van der Waals surface area contributed by atoms with Gasteiger partial charge in [-0.25, -0.2) is 0 Å². The van der Waals surface area contributed by atoms with E-state index in [-0.39, 0.29) is 23.3 Å². The van der Waals surface area contributed by atoms with Crippen LogP contribution in [0.3, 0.4) is 0 Å². The van der Waals surface area contributed by atoms with Crippen LogP contribution in [-0.4, -0.2) is 60.9 Å². The number of rotatable bonds is 3. The van der Waals surface area contributed by atoms with Crippen molar-refractivity contribution in [3.05, 3.63) is 30.3 Å². The van der Waals surface area contributed by atoms with E-state index in [0.29, 0.717) is 13.1 Å². The van der Waals surface area contributed by atoms with Crippen LogP contribution in [0.2, 0.25) is 0 Å². The first kappa shape index (κ1) is 18.5. The van der Waals surface area contributed by atoms with Gasteiger partial charge in [-0.15, -0.1) is 0 Å². The third-order valence-electron chi connectivity index (χ3n) is 4.62. The molecule has 2 rings (SSSR count). The molecule has 2 amide bonds. The van der Waals surface area contributed by atoms with Gasteiger partial charge in [0.05, 0.1) is 6.04 Å². The Labute approximate surface area is 145 Å². The molecular formula is C19H29N3O2. The van der Waals surface area contributed by atoms with Gasteiger partial charge in [0.15, 0.2) is 0 Å². The van der Waals surface area contributed by atoms with Crippen molar-refractivity contribution in [1.82, 2.24) is 9.80 Å². The highest BCUT2D eigenvalue weighted by atomic mass is 16.2. The molecule has 0 spiro atoms. The molecular weight excluding hydrogens is 302 g/mol. The molecule has 0 saturated carbocycles. The summed E-state index contributed by atoms with van der Waals surface area (Å²) in [5.74, 6) is 0.263. The number of nitrogens with zero attached hydrogens (tertiary/aromatic N) is 3. The molecule has 132 valence electrons. The van der Waals surface area contributed by atoms with Crippen molar-refractivity contribution < 1.29 is 9.59 Å². The molecule has 0 bridgehead atoms. The molecule has 1 heterocycles. The van der Waals surface area contributed by atoms with Crippen LogP contribution in [0.5, 0.6) is 0 Å². The zero-order valence-electron chi connectivity index (χ0n) is 15.5. The van der Waals surface area contributed by atoms with E-state index >= 15 is 0 Å². The van der Waals surface area contributed by atoms with Crippen molar-refractivity contribution >= 4 is 17.5 Å². The lowest BCUT2D eigenvalue weighted by atomic mass is 9.94. The van der Waals surface area contributed by atoms with Crippen LogP contribution in [0.25, 0.3) is 0 Å². The smallest absolute Gasteiger partial charge is 0.243 e. The number of anilines is 1. The van der Waals surface area contributed by atoms with Gasteiger partial charge in [-0.05, 0) is 19.1 Å². The highest BCUT2D eigenvalue weighted by molar-refractivity contribution is 5.96. The van der Waals surface area contributed by atoms with Crippen LogP contribution in [0, 0.1) is 5.41 Å². The van der Waals surface area contributed by atoms with Crippen LogP contribution in [0.15, 0.2) is 30.3 Å². The van der Waals surface area contributed by atoms with Crippen LogP contribution in [0.4, 0.5) is 5.69 Å². The highest BCUT2D eigenvalue weighted by Gasteiger charge is 2.32. The number of benzene rings is 1. The average Bonchev–Trinajstić information content (AvgIpc) is 2.59. The van der Waals surface area contributed by atoms with Gasteiger partial charge in [-0.1, -0.05) is 39.0 Å². The monoisotopic (exact) mass is 331 g/mol. The summed E-state index contributed by atoms with van der Waals surface area (Å²) in [7, 11) is 1.81. The Hall–Kier alpha value is -1.88. The second-order valence-electron chi connectivity index (χ2n) is 7.49. The molecule has 5 nitrogen and oxygen atoms in total. The van der Waals surface area contributed by atoms with Gasteiger partial charge >= 0.3 is 0 Å². The molecule has 1 aliphatic heterocycles. The van der Waals surface area contributed by atoms with E-state index in [0.717, 1.165) is 18.8 Å². The first-order valence-corrected chi connectivity index (χ1v) is 8.58. The molecule has 5 heteroatoms. The summed E-state index contributed by atoms with van der Waals surface area (Å²) in [4.78, 5) is 30.9. The summed E-state index contributed by atoms with van der Waals surface area (Å²) in [6.07, 6.45) is 0. The molecule has 1 fully saturated rings. The number of carbonyl (C=O) groups excluding carboxylic acids is 2. The average molecular weight is 331 g/mol. The van der Waals surface area contributed by atoms with Crippen LogP contribution < -0.4 is 4.90 Å². The summed E-state index contributed by atoms with van der Waals surface area (Å²) in [5.41, 5.74) is 0.549. The summed E-state index contributed by atoms with van der Waals surface area (Å²) in [6.45, 7) is 10.6. The number of para-hydroxylation sites is 1. The predicted molar refractivity (Wildman–Crippen MR) is 96.9 cm³/mol. The van der Waals surface area contributed by atoms with E-state index < -0.39 is 0 Å². The van der Waals surface area contributed by atoms with Crippen LogP contribution in [0.1, 0.15) is 27.7 Å². The van der Waals surface area contributed by atoms with E-state index in [1.54, 1.807) is 4.90 Å². The number of piperazine rings is 1. The summed E-state index contributed by atoms with van der Waals surface area (Å²) >= 11 is 0. The summed E-state index contributed by atoms with van der Waals surface area (Å²) < 4.78 is 0. The SMILES string of the molecule is CC(C(=O)N(C)c1ccccc1)N1CCN(C(=O)C(C)(C)C)CC1. The minimum Gasteiger partial charge on any atom is -0.340 e. The van der Waals surface area contributed by atoms with Gasteiger partial charge in [0.25, 0.3) is 0 Å². The standard InChI is InChI=1S/C19H29N3O2/c1-15(17(23)20(5)16-9-7-6-8-10-16)21-11-13-22(14-12-21)18(24)19(2,3)4/h6-10,15H,11-14H2,1-5H3. The van der Waals surface area contributed by atoms with E-state index in [4.69, 9.17) is 0 Å². The van der Waals surface area contributed by atoms with Crippen LogP contribution in [-0.2, 0) is 9.59 Å². The Kier molecular flexibility index (Phi) is 5.65. The van der Waals surface area contributed by atoms with Gasteiger partial charge in [-0.3, -0.25) is 14.5 Å².